The Morgan fingerprint density at radius 2 is 2.00 bits per heavy atom. The van der Waals surface area contributed by atoms with E-state index >= 15 is 0 Å². The average molecular weight is 238 g/mol. The van der Waals surface area contributed by atoms with Crippen molar-refractivity contribution in [2.45, 2.75) is 59.4 Å². The second-order valence-electron chi connectivity index (χ2n) is 6.50. The van der Waals surface area contributed by atoms with Crippen molar-refractivity contribution in [3.63, 3.8) is 0 Å². The van der Waals surface area contributed by atoms with Crippen LogP contribution in [-0.2, 0) is 9.47 Å². The van der Waals surface area contributed by atoms with E-state index in [2.05, 4.69) is 40.7 Å². The predicted octanol–water partition coefficient (Wildman–Crippen LogP) is 3.77. The lowest BCUT2D eigenvalue weighted by Crippen LogP contribution is -2.46. The molecule has 17 heavy (non-hydrogen) atoms. The van der Waals surface area contributed by atoms with Crippen LogP contribution in [0.2, 0.25) is 0 Å². The summed E-state index contributed by atoms with van der Waals surface area (Å²) in [5.41, 5.74) is 1.48. The Morgan fingerprint density at radius 3 is 2.59 bits per heavy atom. The second kappa shape index (κ2) is 4.74. The minimum atomic E-state index is -0.0292. The molecule has 2 aliphatic rings. The van der Waals surface area contributed by atoms with E-state index < -0.39 is 0 Å². The third kappa shape index (κ3) is 2.92. The Labute approximate surface area is 105 Å². The van der Waals surface area contributed by atoms with Gasteiger partial charge in [0, 0.05) is 5.92 Å². The van der Waals surface area contributed by atoms with Crippen LogP contribution in [0.15, 0.2) is 11.6 Å². The summed E-state index contributed by atoms with van der Waals surface area (Å²) in [5.74, 6) is 1.70. The summed E-state index contributed by atoms with van der Waals surface area (Å²) >= 11 is 0. The highest BCUT2D eigenvalue weighted by Crippen LogP contribution is 2.40. The summed E-state index contributed by atoms with van der Waals surface area (Å²) in [5, 5.41) is 0. The standard InChI is InChI=1S/C15H26O2/c1-10-8-11(2)13(12(3)9-10)14-16-7-6-15(4,5)17-14/h8,11-14H,6-7,9H2,1-5H3/t11-,12+,13-,14+/m0/s1. The molecule has 0 radical (unpaired) electrons. The molecule has 4 atom stereocenters. The Hall–Kier alpha value is -0.340. The first-order chi connectivity index (χ1) is 7.89. The van der Waals surface area contributed by atoms with E-state index in [-0.39, 0.29) is 11.9 Å². The molecule has 0 saturated carbocycles. The number of rotatable bonds is 1. The fraction of sp³-hybridized carbons (Fsp3) is 0.867. The lowest BCUT2D eigenvalue weighted by molar-refractivity contribution is -0.275. The normalized spacial score (nSPS) is 42.1. The van der Waals surface area contributed by atoms with Gasteiger partial charge in [0.05, 0.1) is 12.2 Å². The minimum absolute atomic E-state index is 0.0203. The van der Waals surface area contributed by atoms with Crippen molar-refractivity contribution in [2.24, 2.45) is 17.8 Å². The van der Waals surface area contributed by atoms with Crippen molar-refractivity contribution < 1.29 is 9.47 Å². The highest BCUT2D eigenvalue weighted by atomic mass is 16.7. The third-order valence-electron chi connectivity index (χ3n) is 4.19. The molecule has 0 spiro atoms. The van der Waals surface area contributed by atoms with Crippen molar-refractivity contribution >= 4 is 0 Å². The van der Waals surface area contributed by atoms with E-state index in [4.69, 9.17) is 9.47 Å². The van der Waals surface area contributed by atoms with Gasteiger partial charge >= 0.3 is 0 Å². The number of hydrogen-bond acceptors (Lipinski definition) is 2. The molecular formula is C15H26O2. The van der Waals surface area contributed by atoms with Gasteiger partial charge in [-0.1, -0.05) is 25.5 Å². The molecule has 1 aliphatic heterocycles. The molecule has 0 aromatic carbocycles. The summed E-state index contributed by atoms with van der Waals surface area (Å²) in [7, 11) is 0. The lowest BCUT2D eigenvalue weighted by Gasteiger charge is -2.44. The Bertz CT molecular complexity index is 306. The van der Waals surface area contributed by atoms with Gasteiger partial charge in [-0.05, 0) is 45.4 Å². The van der Waals surface area contributed by atoms with Crippen molar-refractivity contribution in [2.75, 3.05) is 6.61 Å². The quantitative estimate of drug-likeness (QED) is 0.647. The van der Waals surface area contributed by atoms with Crippen molar-refractivity contribution in [1.29, 1.82) is 0 Å². The molecule has 2 nitrogen and oxygen atoms in total. The molecule has 0 N–H and O–H groups in total. The molecule has 1 heterocycles. The fourth-order valence-electron chi connectivity index (χ4n) is 3.32. The molecule has 0 aromatic rings. The zero-order valence-corrected chi connectivity index (χ0v) is 11.8. The van der Waals surface area contributed by atoms with E-state index in [1.807, 2.05) is 0 Å². The monoisotopic (exact) mass is 238 g/mol. The molecule has 0 amide bonds. The van der Waals surface area contributed by atoms with Gasteiger partial charge in [0.25, 0.3) is 0 Å². The van der Waals surface area contributed by atoms with Crippen LogP contribution in [0.5, 0.6) is 0 Å². The molecular weight excluding hydrogens is 212 g/mol. The second-order valence-corrected chi connectivity index (χ2v) is 6.50. The van der Waals surface area contributed by atoms with Crippen LogP contribution in [0, 0.1) is 17.8 Å². The minimum Gasteiger partial charge on any atom is -0.352 e. The van der Waals surface area contributed by atoms with Crippen LogP contribution in [0.4, 0.5) is 0 Å². The molecule has 2 rings (SSSR count). The van der Waals surface area contributed by atoms with Crippen LogP contribution in [0.25, 0.3) is 0 Å². The maximum Gasteiger partial charge on any atom is 0.161 e. The number of hydrogen-bond donors (Lipinski definition) is 0. The largest absolute Gasteiger partial charge is 0.352 e. The van der Waals surface area contributed by atoms with Crippen molar-refractivity contribution in [1.82, 2.24) is 0 Å². The van der Waals surface area contributed by atoms with Gasteiger partial charge in [0.15, 0.2) is 6.29 Å². The Kier molecular flexibility index (Phi) is 3.65. The van der Waals surface area contributed by atoms with Crippen LogP contribution >= 0.6 is 0 Å². The molecule has 98 valence electrons. The fourth-order valence-corrected chi connectivity index (χ4v) is 3.32. The van der Waals surface area contributed by atoms with Gasteiger partial charge in [-0.15, -0.1) is 0 Å². The zero-order chi connectivity index (χ0) is 12.6. The van der Waals surface area contributed by atoms with Crippen LogP contribution in [-0.4, -0.2) is 18.5 Å². The first kappa shape index (κ1) is 13.1. The number of ether oxygens (including phenoxy) is 2. The Morgan fingerprint density at radius 1 is 1.29 bits per heavy atom. The summed E-state index contributed by atoms with van der Waals surface area (Å²) in [6, 6.07) is 0. The van der Waals surface area contributed by atoms with Gasteiger partial charge in [-0.3, -0.25) is 0 Å². The van der Waals surface area contributed by atoms with Crippen LogP contribution in [0.1, 0.15) is 47.5 Å². The SMILES string of the molecule is CC1=C[C@H](C)[C@H]([C@@H]2OCCC(C)(C)O2)[C@H](C)C1. The van der Waals surface area contributed by atoms with E-state index in [0.717, 1.165) is 13.0 Å². The van der Waals surface area contributed by atoms with Gasteiger partial charge in [-0.2, -0.15) is 0 Å². The number of allylic oxidation sites excluding steroid dienone is 2. The maximum absolute atomic E-state index is 6.14. The third-order valence-corrected chi connectivity index (χ3v) is 4.19. The highest BCUT2D eigenvalue weighted by molar-refractivity contribution is 5.09. The van der Waals surface area contributed by atoms with E-state index in [9.17, 15) is 0 Å². The van der Waals surface area contributed by atoms with E-state index in [0.29, 0.717) is 17.8 Å². The molecule has 0 bridgehead atoms. The van der Waals surface area contributed by atoms with Gasteiger partial charge in [0.1, 0.15) is 0 Å². The van der Waals surface area contributed by atoms with Gasteiger partial charge < -0.3 is 9.47 Å². The molecule has 0 aromatic heterocycles. The van der Waals surface area contributed by atoms with Gasteiger partial charge in [0.2, 0.25) is 0 Å². The summed E-state index contributed by atoms with van der Waals surface area (Å²) < 4.78 is 12.0. The first-order valence-electron chi connectivity index (χ1n) is 6.86. The first-order valence-corrected chi connectivity index (χ1v) is 6.86. The average Bonchev–Trinajstić information content (AvgIpc) is 2.13. The molecule has 2 heteroatoms. The van der Waals surface area contributed by atoms with Gasteiger partial charge in [-0.25, -0.2) is 0 Å². The van der Waals surface area contributed by atoms with Crippen molar-refractivity contribution in [3.8, 4) is 0 Å². The van der Waals surface area contributed by atoms with Crippen LogP contribution < -0.4 is 0 Å². The predicted molar refractivity (Wildman–Crippen MR) is 69.7 cm³/mol. The summed E-state index contributed by atoms with van der Waals surface area (Å²) in [4.78, 5) is 0. The molecule has 1 fully saturated rings. The zero-order valence-electron chi connectivity index (χ0n) is 11.8. The molecule has 0 unspecified atom stereocenters. The van der Waals surface area contributed by atoms with Crippen LogP contribution in [0.3, 0.4) is 0 Å². The smallest absolute Gasteiger partial charge is 0.161 e. The van der Waals surface area contributed by atoms with Crippen molar-refractivity contribution in [3.05, 3.63) is 11.6 Å². The topological polar surface area (TPSA) is 18.5 Å². The summed E-state index contributed by atoms with van der Waals surface area (Å²) in [6.07, 6.45) is 4.54. The lowest BCUT2D eigenvalue weighted by atomic mass is 9.74. The molecule has 1 saturated heterocycles. The Balaban J connectivity index is 2.11. The van der Waals surface area contributed by atoms with E-state index in [1.54, 1.807) is 0 Å². The maximum atomic E-state index is 6.14. The molecule has 1 aliphatic carbocycles. The summed E-state index contributed by atoms with van der Waals surface area (Å²) in [6.45, 7) is 12.0. The highest BCUT2D eigenvalue weighted by Gasteiger charge is 2.40. The van der Waals surface area contributed by atoms with E-state index in [1.165, 1.54) is 12.0 Å².